The van der Waals surface area contributed by atoms with Gasteiger partial charge in [-0.3, -0.25) is 4.79 Å². The lowest BCUT2D eigenvalue weighted by Gasteiger charge is -2.23. The van der Waals surface area contributed by atoms with Crippen molar-refractivity contribution in [2.45, 2.75) is 52.2 Å². The minimum atomic E-state index is -0.639. The summed E-state index contributed by atoms with van der Waals surface area (Å²) in [6, 6.07) is 15.7. The van der Waals surface area contributed by atoms with Crippen LogP contribution in [0.3, 0.4) is 0 Å². The van der Waals surface area contributed by atoms with E-state index in [1.54, 1.807) is 0 Å². The van der Waals surface area contributed by atoms with Crippen LogP contribution in [0.25, 0.3) is 11.1 Å². The van der Waals surface area contributed by atoms with Crippen molar-refractivity contribution in [2.75, 3.05) is 0 Å². The summed E-state index contributed by atoms with van der Waals surface area (Å²) in [6.45, 7) is 7.88. The van der Waals surface area contributed by atoms with E-state index in [1.165, 1.54) is 0 Å². The maximum absolute atomic E-state index is 12.6. The molecule has 0 aromatic heterocycles. The molecule has 0 fully saturated rings. The van der Waals surface area contributed by atoms with Gasteiger partial charge < -0.3 is 10.4 Å². The van der Waals surface area contributed by atoms with Crippen molar-refractivity contribution < 1.29 is 9.90 Å². The van der Waals surface area contributed by atoms with Gasteiger partial charge in [0.05, 0.1) is 6.10 Å². The zero-order valence-corrected chi connectivity index (χ0v) is 15.0. The fraction of sp³-hybridized carbons (Fsp3) is 0.381. The zero-order chi connectivity index (χ0) is 17.7. The number of rotatable bonds is 5. The van der Waals surface area contributed by atoms with Gasteiger partial charge in [-0.15, -0.1) is 0 Å². The number of amides is 1. The van der Waals surface area contributed by atoms with Crippen LogP contribution in [-0.2, 0) is 0 Å². The fourth-order valence-electron chi connectivity index (χ4n) is 2.69. The van der Waals surface area contributed by atoms with Crippen molar-refractivity contribution in [3.05, 3.63) is 59.7 Å². The third-order valence-corrected chi connectivity index (χ3v) is 3.81. The second-order valence-corrected chi connectivity index (χ2v) is 7.18. The van der Waals surface area contributed by atoms with Crippen LogP contribution in [0.4, 0.5) is 0 Å². The number of nitrogens with one attached hydrogen (secondary N) is 1. The van der Waals surface area contributed by atoms with E-state index in [0.717, 1.165) is 17.5 Å². The smallest absolute Gasteiger partial charge is 0.252 e. The summed E-state index contributed by atoms with van der Waals surface area (Å²) in [5.74, 6) is -0.146. The highest BCUT2D eigenvalue weighted by Crippen LogP contribution is 2.28. The zero-order valence-electron chi connectivity index (χ0n) is 15.0. The molecule has 1 unspecified atom stereocenters. The van der Waals surface area contributed by atoms with Crippen LogP contribution in [0.1, 0.15) is 62.6 Å². The van der Waals surface area contributed by atoms with Crippen molar-refractivity contribution in [3.63, 3.8) is 0 Å². The number of aliphatic hydroxyl groups excluding tert-OH is 1. The average Bonchev–Trinajstić information content (AvgIpc) is 2.54. The molecule has 128 valence electrons. The first-order chi connectivity index (χ1) is 11.3. The minimum Gasteiger partial charge on any atom is -0.388 e. The van der Waals surface area contributed by atoms with Gasteiger partial charge in [0.15, 0.2) is 0 Å². The van der Waals surface area contributed by atoms with Gasteiger partial charge >= 0.3 is 0 Å². The number of carbonyl (C=O) groups excluding carboxylic acids is 1. The van der Waals surface area contributed by atoms with Crippen LogP contribution in [-0.4, -0.2) is 16.6 Å². The standard InChI is InChI=1S/C21H27NO2/c1-5-9-19(23)18-14-16(15-10-7-6-8-11-15)12-13-17(18)20(24)22-21(2,3)4/h6-8,10-14,19,23H,5,9H2,1-4H3,(H,22,24). The predicted molar refractivity (Wildman–Crippen MR) is 99.0 cm³/mol. The van der Waals surface area contributed by atoms with Crippen LogP contribution >= 0.6 is 0 Å². The monoisotopic (exact) mass is 325 g/mol. The molecule has 0 saturated carbocycles. The minimum absolute atomic E-state index is 0.146. The van der Waals surface area contributed by atoms with Gasteiger partial charge in [0, 0.05) is 11.1 Å². The quantitative estimate of drug-likeness (QED) is 0.836. The Labute approximate surface area is 144 Å². The number of benzene rings is 2. The maximum Gasteiger partial charge on any atom is 0.252 e. The van der Waals surface area contributed by atoms with Gasteiger partial charge in [-0.1, -0.05) is 49.7 Å². The maximum atomic E-state index is 12.6. The van der Waals surface area contributed by atoms with Crippen molar-refractivity contribution in [2.24, 2.45) is 0 Å². The molecule has 0 aliphatic carbocycles. The molecule has 2 aromatic carbocycles. The van der Waals surface area contributed by atoms with Crippen LogP contribution in [0.2, 0.25) is 0 Å². The normalized spacial score (nSPS) is 12.7. The Morgan fingerprint density at radius 2 is 1.75 bits per heavy atom. The summed E-state index contributed by atoms with van der Waals surface area (Å²) >= 11 is 0. The second-order valence-electron chi connectivity index (χ2n) is 7.18. The largest absolute Gasteiger partial charge is 0.388 e. The Balaban J connectivity index is 2.45. The van der Waals surface area contributed by atoms with Gasteiger partial charge in [0.2, 0.25) is 0 Å². The van der Waals surface area contributed by atoms with Gasteiger partial charge in [-0.05, 0) is 56.0 Å². The molecule has 1 amide bonds. The Bertz CT molecular complexity index is 687. The molecule has 0 heterocycles. The molecule has 24 heavy (non-hydrogen) atoms. The molecular weight excluding hydrogens is 298 g/mol. The second kappa shape index (κ2) is 7.63. The molecule has 2 rings (SSSR count). The SMILES string of the molecule is CCCC(O)c1cc(-c2ccccc2)ccc1C(=O)NC(C)(C)C. The lowest BCUT2D eigenvalue weighted by atomic mass is 9.93. The first kappa shape index (κ1) is 18.2. The summed E-state index contributed by atoms with van der Waals surface area (Å²) < 4.78 is 0. The van der Waals surface area contributed by atoms with Crippen LogP contribution in [0.15, 0.2) is 48.5 Å². The van der Waals surface area contributed by atoms with Crippen LogP contribution in [0.5, 0.6) is 0 Å². The lowest BCUT2D eigenvalue weighted by Crippen LogP contribution is -2.41. The molecular formula is C21H27NO2. The van der Waals surface area contributed by atoms with Gasteiger partial charge in [0.1, 0.15) is 0 Å². The Kier molecular flexibility index (Phi) is 5.79. The van der Waals surface area contributed by atoms with E-state index in [1.807, 2.05) is 76.2 Å². The molecule has 2 aromatic rings. The molecule has 0 saturated heterocycles. The van der Waals surface area contributed by atoms with Crippen molar-refractivity contribution in [3.8, 4) is 11.1 Å². The summed E-state index contributed by atoms with van der Waals surface area (Å²) in [5, 5.41) is 13.5. The van der Waals surface area contributed by atoms with Gasteiger partial charge in [0.25, 0.3) is 5.91 Å². The summed E-state index contributed by atoms with van der Waals surface area (Å²) in [7, 11) is 0. The lowest BCUT2D eigenvalue weighted by molar-refractivity contribution is 0.0910. The van der Waals surface area contributed by atoms with E-state index in [9.17, 15) is 9.90 Å². The third-order valence-electron chi connectivity index (χ3n) is 3.81. The topological polar surface area (TPSA) is 49.3 Å². The van der Waals surface area contributed by atoms with Crippen LogP contribution < -0.4 is 5.32 Å². The summed E-state index contributed by atoms with van der Waals surface area (Å²) in [6.07, 6.45) is 0.852. The first-order valence-electron chi connectivity index (χ1n) is 8.52. The Morgan fingerprint density at radius 1 is 1.08 bits per heavy atom. The van der Waals surface area contributed by atoms with Gasteiger partial charge in [-0.2, -0.15) is 0 Å². The predicted octanol–water partition coefficient (Wildman–Crippen LogP) is 4.72. The molecule has 1 atom stereocenters. The highest BCUT2D eigenvalue weighted by atomic mass is 16.3. The molecule has 0 aliphatic heterocycles. The van der Waals surface area contributed by atoms with E-state index >= 15 is 0 Å². The highest BCUT2D eigenvalue weighted by molar-refractivity contribution is 5.97. The number of hydrogen-bond donors (Lipinski definition) is 2. The van der Waals surface area contributed by atoms with Crippen LogP contribution in [0, 0.1) is 0 Å². The number of aliphatic hydroxyl groups is 1. The molecule has 0 radical (unpaired) electrons. The van der Waals surface area contributed by atoms with E-state index in [-0.39, 0.29) is 11.4 Å². The summed E-state index contributed by atoms with van der Waals surface area (Å²) in [5.41, 5.74) is 3.01. The molecule has 0 aliphatic rings. The number of hydrogen-bond acceptors (Lipinski definition) is 2. The van der Waals surface area contributed by atoms with E-state index < -0.39 is 6.10 Å². The van der Waals surface area contributed by atoms with E-state index in [4.69, 9.17) is 0 Å². The highest BCUT2D eigenvalue weighted by Gasteiger charge is 2.21. The van der Waals surface area contributed by atoms with Crippen molar-refractivity contribution >= 4 is 5.91 Å². The first-order valence-corrected chi connectivity index (χ1v) is 8.52. The molecule has 2 N–H and O–H groups in total. The van der Waals surface area contributed by atoms with E-state index in [0.29, 0.717) is 17.5 Å². The van der Waals surface area contributed by atoms with Gasteiger partial charge in [-0.25, -0.2) is 0 Å². The molecule has 0 spiro atoms. The Hall–Kier alpha value is -2.13. The summed E-state index contributed by atoms with van der Waals surface area (Å²) in [4.78, 5) is 12.6. The number of carbonyl (C=O) groups is 1. The van der Waals surface area contributed by atoms with Crippen molar-refractivity contribution in [1.82, 2.24) is 5.32 Å². The molecule has 3 heteroatoms. The average molecular weight is 325 g/mol. The van der Waals surface area contributed by atoms with Crippen molar-refractivity contribution in [1.29, 1.82) is 0 Å². The molecule has 0 bridgehead atoms. The Morgan fingerprint density at radius 3 is 2.33 bits per heavy atom. The third kappa shape index (κ3) is 4.68. The van der Waals surface area contributed by atoms with E-state index in [2.05, 4.69) is 5.32 Å². The molecule has 3 nitrogen and oxygen atoms in total. The fourth-order valence-corrected chi connectivity index (χ4v) is 2.69.